The summed E-state index contributed by atoms with van der Waals surface area (Å²) < 4.78 is 5.83. The maximum absolute atomic E-state index is 5.83. The van der Waals surface area contributed by atoms with Gasteiger partial charge in [-0.15, -0.1) is 0 Å². The molecule has 19 heavy (non-hydrogen) atoms. The van der Waals surface area contributed by atoms with E-state index < -0.39 is 0 Å². The lowest BCUT2D eigenvalue weighted by Gasteiger charge is -2.17. The number of ether oxygens (including phenoxy) is 1. The molecule has 1 fully saturated rings. The quantitative estimate of drug-likeness (QED) is 0.567. The molecule has 1 aliphatic carbocycles. The van der Waals surface area contributed by atoms with Gasteiger partial charge >= 0.3 is 0 Å². The number of rotatable bonds is 8. The second-order valence-corrected chi connectivity index (χ2v) is 6.62. The Morgan fingerprint density at radius 2 is 2.16 bits per heavy atom. The molecule has 0 saturated heterocycles. The largest absolute Gasteiger partial charge is 0.490 e. The zero-order valence-electron chi connectivity index (χ0n) is 11.8. The maximum atomic E-state index is 5.83. The highest BCUT2D eigenvalue weighted by atomic mass is 32.2. The third-order valence-electron chi connectivity index (χ3n) is 3.02. The van der Waals surface area contributed by atoms with E-state index in [1.165, 1.54) is 18.4 Å². The first-order valence-electron chi connectivity index (χ1n) is 6.99. The summed E-state index contributed by atoms with van der Waals surface area (Å²) >= 11 is 1.94. The minimum atomic E-state index is 0.187. The van der Waals surface area contributed by atoms with Gasteiger partial charge in [0.1, 0.15) is 5.75 Å². The number of nitrogens with two attached hydrogens (primary N) is 1. The van der Waals surface area contributed by atoms with Crippen LogP contribution < -0.4 is 16.0 Å². The van der Waals surface area contributed by atoms with Crippen molar-refractivity contribution in [2.75, 3.05) is 11.5 Å². The Balaban J connectivity index is 1.92. The van der Waals surface area contributed by atoms with Gasteiger partial charge in [0.15, 0.2) is 0 Å². The van der Waals surface area contributed by atoms with Crippen LogP contribution in [0.5, 0.6) is 5.75 Å². The van der Waals surface area contributed by atoms with Crippen molar-refractivity contribution in [3.63, 3.8) is 0 Å². The topological polar surface area (TPSA) is 47.3 Å². The van der Waals surface area contributed by atoms with Gasteiger partial charge in [-0.1, -0.05) is 26.0 Å². The van der Waals surface area contributed by atoms with Crippen molar-refractivity contribution in [1.82, 2.24) is 5.43 Å². The molecule has 0 radical (unpaired) electrons. The molecule has 0 bridgehead atoms. The Morgan fingerprint density at radius 1 is 1.37 bits per heavy atom. The molecule has 0 aliphatic heterocycles. The van der Waals surface area contributed by atoms with Crippen LogP contribution in [0, 0.1) is 5.92 Å². The van der Waals surface area contributed by atoms with Crippen molar-refractivity contribution in [2.45, 2.75) is 38.8 Å². The van der Waals surface area contributed by atoms with Crippen molar-refractivity contribution in [2.24, 2.45) is 11.8 Å². The Kier molecular flexibility index (Phi) is 5.55. The van der Waals surface area contributed by atoms with Gasteiger partial charge in [-0.25, -0.2) is 0 Å². The standard InChI is InChI=1S/C15H24N2OS/c1-11(2)9-19-10-15(17-16)12-4-3-5-14(8-12)18-13-6-7-13/h3-5,8,11,13,15,17H,6-7,9-10,16H2,1-2H3. The molecule has 1 atom stereocenters. The van der Waals surface area contributed by atoms with Gasteiger partial charge in [-0.05, 0) is 42.2 Å². The number of nitrogens with one attached hydrogen (secondary N) is 1. The van der Waals surface area contributed by atoms with Crippen LogP contribution in [0.15, 0.2) is 24.3 Å². The minimum absolute atomic E-state index is 0.187. The first-order chi connectivity index (χ1) is 9.19. The zero-order chi connectivity index (χ0) is 13.7. The van der Waals surface area contributed by atoms with Gasteiger partial charge < -0.3 is 4.74 Å². The predicted octanol–water partition coefficient (Wildman–Crippen LogP) is 3.12. The van der Waals surface area contributed by atoms with Gasteiger partial charge in [0.05, 0.1) is 12.1 Å². The van der Waals surface area contributed by atoms with Crippen LogP contribution in [0.3, 0.4) is 0 Å². The Labute approximate surface area is 120 Å². The van der Waals surface area contributed by atoms with Gasteiger partial charge in [0.2, 0.25) is 0 Å². The second kappa shape index (κ2) is 7.17. The molecule has 1 unspecified atom stereocenters. The molecule has 1 saturated carbocycles. The van der Waals surface area contributed by atoms with E-state index in [2.05, 4.69) is 31.4 Å². The van der Waals surface area contributed by atoms with E-state index in [0.717, 1.165) is 17.3 Å². The second-order valence-electron chi connectivity index (χ2n) is 5.54. The molecule has 0 spiro atoms. The van der Waals surface area contributed by atoms with Crippen LogP contribution in [0.1, 0.15) is 38.3 Å². The summed E-state index contributed by atoms with van der Waals surface area (Å²) in [6.45, 7) is 4.48. The van der Waals surface area contributed by atoms with E-state index in [9.17, 15) is 0 Å². The number of hydrogen-bond acceptors (Lipinski definition) is 4. The smallest absolute Gasteiger partial charge is 0.120 e. The summed E-state index contributed by atoms with van der Waals surface area (Å²) in [5, 5.41) is 0. The third-order valence-corrected chi connectivity index (χ3v) is 4.50. The molecule has 1 aromatic rings. The normalized spacial score (nSPS) is 16.6. The van der Waals surface area contributed by atoms with E-state index in [4.69, 9.17) is 10.6 Å². The fourth-order valence-electron chi connectivity index (χ4n) is 1.85. The summed E-state index contributed by atoms with van der Waals surface area (Å²) in [6.07, 6.45) is 2.81. The van der Waals surface area contributed by atoms with Crippen LogP contribution in [-0.2, 0) is 0 Å². The van der Waals surface area contributed by atoms with Gasteiger partial charge in [-0.3, -0.25) is 11.3 Å². The molecule has 3 nitrogen and oxygen atoms in total. The maximum Gasteiger partial charge on any atom is 0.120 e. The molecule has 1 aromatic carbocycles. The van der Waals surface area contributed by atoms with E-state index in [0.29, 0.717) is 12.0 Å². The van der Waals surface area contributed by atoms with Gasteiger partial charge in [0.25, 0.3) is 0 Å². The summed E-state index contributed by atoms with van der Waals surface area (Å²) in [5.74, 6) is 9.51. The SMILES string of the molecule is CC(C)CSCC(NN)c1cccc(OC2CC2)c1. The summed E-state index contributed by atoms with van der Waals surface area (Å²) in [7, 11) is 0. The summed E-state index contributed by atoms with van der Waals surface area (Å²) in [4.78, 5) is 0. The lowest BCUT2D eigenvalue weighted by atomic mass is 10.1. The van der Waals surface area contributed by atoms with E-state index in [-0.39, 0.29) is 6.04 Å². The zero-order valence-corrected chi connectivity index (χ0v) is 12.6. The van der Waals surface area contributed by atoms with Crippen LogP contribution >= 0.6 is 11.8 Å². The molecule has 3 N–H and O–H groups in total. The highest BCUT2D eigenvalue weighted by Crippen LogP contribution is 2.29. The lowest BCUT2D eigenvalue weighted by Crippen LogP contribution is -2.29. The Hall–Kier alpha value is -0.710. The molecule has 106 valence electrons. The van der Waals surface area contributed by atoms with E-state index in [1.54, 1.807) is 0 Å². The van der Waals surface area contributed by atoms with Crippen LogP contribution in [0.2, 0.25) is 0 Å². The lowest BCUT2D eigenvalue weighted by molar-refractivity contribution is 0.302. The number of hydrazine groups is 1. The first kappa shape index (κ1) is 14.7. The van der Waals surface area contributed by atoms with Crippen LogP contribution in [-0.4, -0.2) is 17.6 Å². The fraction of sp³-hybridized carbons (Fsp3) is 0.600. The van der Waals surface area contributed by atoms with Crippen molar-refractivity contribution in [3.8, 4) is 5.75 Å². The van der Waals surface area contributed by atoms with Crippen LogP contribution in [0.25, 0.3) is 0 Å². The van der Waals surface area contributed by atoms with E-state index in [1.807, 2.05) is 23.9 Å². The average Bonchev–Trinajstić information content (AvgIpc) is 3.18. The molecule has 0 aromatic heterocycles. The average molecular weight is 280 g/mol. The van der Waals surface area contributed by atoms with Crippen molar-refractivity contribution in [3.05, 3.63) is 29.8 Å². The van der Waals surface area contributed by atoms with Crippen molar-refractivity contribution < 1.29 is 4.74 Å². The summed E-state index contributed by atoms with van der Waals surface area (Å²) in [5.41, 5.74) is 4.12. The predicted molar refractivity (Wildman–Crippen MR) is 82.3 cm³/mol. The highest BCUT2D eigenvalue weighted by molar-refractivity contribution is 7.99. The molecule has 0 heterocycles. The minimum Gasteiger partial charge on any atom is -0.490 e. The number of hydrogen-bond donors (Lipinski definition) is 2. The first-order valence-corrected chi connectivity index (χ1v) is 8.15. The highest BCUT2D eigenvalue weighted by Gasteiger charge is 2.23. The Morgan fingerprint density at radius 3 is 2.79 bits per heavy atom. The van der Waals surface area contributed by atoms with E-state index >= 15 is 0 Å². The van der Waals surface area contributed by atoms with Crippen molar-refractivity contribution in [1.29, 1.82) is 0 Å². The molecule has 1 aliphatic rings. The monoisotopic (exact) mass is 280 g/mol. The van der Waals surface area contributed by atoms with Crippen molar-refractivity contribution >= 4 is 11.8 Å². The number of benzene rings is 1. The fourth-order valence-corrected chi connectivity index (χ4v) is 2.98. The van der Waals surface area contributed by atoms with Crippen LogP contribution in [0.4, 0.5) is 0 Å². The molecule has 0 amide bonds. The molecular formula is C15H24N2OS. The number of thioether (sulfide) groups is 1. The third kappa shape index (κ3) is 5.05. The molecule has 4 heteroatoms. The molecular weight excluding hydrogens is 256 g/mol. The summed E-state index contributed by atoms with van der Waals surface area (Å²) in [6, 6.07) is 8.48. The molecule has 2 rings (SSSR count). The van der Waals surface area contributed by atoms with Gasteiger partial charge in [0, 0.05) is 5.75 Å². The van der Waals surface area contributed by atoms with Gasteiger partial charge in [-0.2, -0.15) is 11.8 Å². The Bertz CT molecular complexity index is 393.